The monoisotopic (exact) mass is 395 g/mol. The van der Waals surface area contributed by atoms with E-state index >= 15 is 0 Å². The summed E-state index contributed by atoms with van der Waals surface area (Å²) in [7, 11) is 0. The van der Waals surface area contributed by atoms with Crippen molar-refractivity contribution in [2.75, 3.05) is 26.2 Å². The van der Waals surface area contributed by atoms with Crippen LogP contribution < -0.4 is 4.74 Å². The fraction of sp³-hybridized carbons (Fsp3) is 0.478. The number of hydrogen-bond donors (Lipinski definition) is 0. The number of likely N-dealkylation sites (tertiary alicyclic amines) is 1. The van der Waals surface area contributed by atoms with Crippen LogP contribution >= 0.6 is 0 Å². The molecule has 6 rings (SSSR count). The Bertz CT molecular complexity index is 895. The maximum atomic E-state index is 13.6. The van der Waals surface area contributed by atoms with Crippen molar-refractivity contribution in [1.29, 1.82) is 0 Å². The first kappa shape index (κ1) is 18.6. The van der Waals surface area contributed by atoms with Crippen molar-refractivity contribution in [3.05, 3.63) is 59.5 Å². The van der Waals surface area contributed by atoms with Crippen LogP contribution in [0.4, 0.5) is 4.39 Å². The van der Waals surface area contributed by atoms with Gasteiger partial charge in [0, 0.05) is 24.7 Å². The Morgan fingerprint density at radius 3 is 2.66 bits per heavy atom. The molecule has 0 spiro atoms. The van der Waals surface area contributed by atoms with Crippen LogP contribution in [-0.2, 0) is 0 Å². The smallest absolute Gasteiger partial charge is 0.259 e. The van der Waals surface area contributed by atoms with Crippen LogP contribution in [0.3, 0.4) is 0 Å². The average Bonchev–Trinajstić information content (AvgIpc) is 3.18. The van der Waals surface area contributed by atoms with Crippen molar-refractivity contribution >= 4 is 5.91 Å². The molecule has 0 saturated carbocycles. The second kappa shape index (κ2) is 7.41. The van der Waals surface area contributed by atoms with E-state index in [0.717, 1.165) is 31.5 Å². The number of aromatic nitrogens is 1. The van der Waals surface area contributed by atoms with Gasteiger partial charge in [-0.2, -0.15) is 0 Å². The summed E-state index contributed by atoms with van der Waals surface area (Å²) in [5.41, 5.74) is 1.64. The van der Waals surface area contributed by atoms with E-state index in [-0.39, 0.29) is 23.7 Å². The molecule has 2 aromatic rings. The van der Waals surface area contributed by atoms with E-state index in [1.54, 1.807) is 12.3 Å². The molecule has 6 heteroatoms. The summed E-state index contributed by atoms with van der Waals surface area (Å²) >= 11 is 0. The van der Waals surface area contributed by atoms with Crippen LogP contribution in [0.5, 0.6) is 5.88 Å². The Hall–Kier alpha value is -2.47. The normalized spacial score (nSPS) is 30.3. The van der Waals surface area contributed by atoms with Gasteiger partial charge in [-0.15, -0.1) is 0 Å². The van der Waals surface area contributed by atoms with Gasteiger partial charge in [-0.05, 0) is 68.6 Å². The highest BCUT2D eigenvalue weighted by Gasteiger charge is 2.54. The molecule has 4 aliphatic heterocycles. The third-order valence-electron chi connectivity index (χ3n) is 6.84. The van der Waals surface area contributed by atoms with Gasteiger partial charge < -0.3 is 9.64 Å². The summed E-state index contributed by atoms with van der Waals surface area (Å²) in [6.45, 7) is 5.18. The zero-order valence-corrected chi connectivity index (χ0v) is 16.6. The number of carbonyl (C=O) groups is 1. The number of hydrogen-bond acceptors (Lipinski definition) is 4. The van der Waals surface area contributed by atoms with Crippen LogP contribution in [0.2, 0.25) is 0 Å². The molecule has 5 heterocycles. The van der Waals surface area contributed by atoms with Crippen molar-refractivity contribution in [2.45, 2.75) is 37.8 Å². The van der Waals surface area contributed by atoms with E-state index in [1.807, 2.05) is 30.0 Å². The van der Waals surface area contributed by atoms with Crippen molar-refractivity contribution in [2.24, 2.45) is 5.92 Å². The van der Waals surface area contributed by atoms with Crippen molar-refractivity contribution < 1.29 is 13.9 Å². The summed E-state index contributed by atoms with van der Waals surface area (Å²) in [5.74, 6) is 0.892. The highest BCUT2D eigenvalue weighted by molar-refractivity contribution is 5.97. The number of rotatable bonds is 4. The number of amides is 1. The SMILES string of the molecule is CCOc1ncccc1C(=O)N1C[C@H](c2ccc(F)cc2)[C@H]2[C@@H]1C1CCN2CC1. The maximum Gasteiger partial charge on any atom is 0.259 e. The Morgan fingerprint density at radius 1 is 1.17 bits per heavy atom. The number of fused-ring (bicyclic) bond motifs is 2. The van der Waals surface area contributed by atoms with Gasteiger partial charge in [0.25, 0.3) is 5.91 Å². The van der Waals surface area contributed by atoms with E-state index in [9.17, 15) is 9.18 Å². The molecule has 0 radical (unpaired) electrons. The zero-order chi connectivity index (χ0) is 20.0. The molecule has 4 fully saturated rings. The molecule has 1 aromatic heterocycles. The van der Waals surface area contributed by atoms with Gasteiger partial charge in [0.05, 0.1) is 12.6 Å². The minimum absolute atomic E-state index is 0.00471. The topological polar surface area (TPSA) is 45.7 Å². The van der Waals surface area contributed by atoms with E-state index in [1.165, 1.54) is 12.1 Å². The highest BCUT2D eigenvalue weighted by Crippen LogP contribution is 2.47. The number of ether oxygens (including phenoxy) is 1. The lowest BCUT2D eigenvalue weighted by Crippen LogP contribution is -2.60. The predicted molar refractivity (Wildman–Crippen MR) is 107 cm³/mol. The second-order valence-electron chi connectivity index (χ2n) is 8.26. The number of benzene rings is 1. The summed E-state index contributed by atoms with van der Waals surface area (Å²) < 4.78 is 19.1. The minimum atomic E-state index is -0.224. The Labute approximate surface area is 170 Å². The van der Waals surface area contributed by atoms with Crippen molar-refractivity contribution in [3.8, 4) is 5.88 Å². The number of pyridine rings is 1. The molecule has 29 heavy (non-hydrogen) atoms. The van der Waals surface area contributed by atoms with Gasteiger partial charge in [-0.25, -0.2) is 9.37 Å². The molecule has 0 unspecified atom stereocenters. The molecule has 4 saturated heterocycles. The lowest BCUT2D eigenvalue weighted by Gasteiger charge is -2.51. The van der Waals surface area contributed by atoms with Gasteiger partial charge in [-0.1, -0.05) is 12.1 Å². The van der Waals surface area contributed by atoms with Gasteiger partial charge in [0.1, 0.15) is 11.4 Å². The standard InChI is InChI=1S/C23H26FN3O2/c1-2-29-22-18(4-3-11-25-22)23(28)27-14-19(15-5-7-17(24)8-6-15)21-20(27)16-9-12-26(21)13-10-16/h3-8,11,16,19-21H,2,9-10,12-14H2,1H3/t19-,20+,21+/m1/s1. The fourth-order valence-electron chi connectivity index (χ4n) is 5.62. The summed E-state index contributed by atoms with van der Waals surface area (Å²) in [4.78, 5) is 22.5. The minimum Gasteiger partial charge on any atom is -0.477 e. The third kappa shape index (κ3) is 3.10. The number of halogens is 1. The average molecular weight is 395 g/mol. The van der Waals surface area contributed by atoms with Crippen LogP contribution in [0.15, 0.2) is 42.6 Å². The first-order chi connectivity index (χ1) is 14.2. The molecule has 1 aromatic carbocycles. The van der Waals surface area contributed by atoms with Crippen molar-refractivity contribution in [1.82, 2.24) is 14.8 Å². The molecule has 0 N–H and O–H groups in total. The van der Waals surface area contributed by atoms with E-state index in [4.69, 9.17) is 4.74 Å². The highest BCUT2D eigenvalue weighted by atomic mass is 19.1. The van der Waals surface area contributed by atoms with Crippen LogP contribution in [0.25, 0.3) is 0 Å². The molecule has 4 aliphatic rings. The lowest BCUT2D eigenvalue weighted by molar-refractivity contribution is -0.00352. The first-order valence-corrected chi connectivity index (χ1v) is 10.6. The number of piperidine rings is 3. The van der Waals surface area contributed by atoms with Crippen molar-refractivity contribution in [3.63, 3.8) is 0 Å². The molecule has 1 amide bonds. The van der Waals surface area contributed by atoms with Gasteiger partial charge in [-0.3, -0.25) is 9.69 Å². The first-order valence-electron chi connectivity index (χ1n) is 10.6. The van der Waals surface area contributed by atoms with Crippen LogP contribution in [-0.4, -0.2) is 59.0 Å². The maximum absolute atomic E-state index is 13.6. The Morgan fingerprint density at radius 2 is 1.93 bits per heavy atom. The van der Waals surface area contributed by atoms with Gasteiger partial charge in [0.2, 0.25) is 5.88 Å². The number of nitrogens with zero attached hydrogens (tertiary/aromatic N) is 3. The van der Waals surface area contributed by atoms with Gasteiger partial charge >= 0.3 is 0 Å². The molecule has 2 bridgehead atoms. The predicted octanol–water partition coefficient (Wildman–Crippen LogP) is 3.32. The molecule has 3 atom stereocenters. The Balaban J connectivity index is 1.52. The fourth-order valence-corrected chi connectivity index (χ4v) is 5.62. The van der Waals surface area contributed by atoms with E-state index < -0.39 is 0 Å². The third-order valence-corrected chi connectivity index (χ3v) is 6.84. The lowest BCUT2D eigenvalue weighted by atomic mass is 9.75. The molecule has 152 valence electrons. The largest absolute Gasteiger partial charge is 0.477 e. The molecular formula is C23H26FN3O2. The molecule has 5 nitrogen and oxygen atoms in total. The Kier molecular flexibility index (Phi) is 4.74. The van der Waals surface area contributed by atoms with E-state index in [0.29, 0.717) is 36.6 Å². The van der Waals surface area contributed by atoms with Gasteiger partial charge in [0.15, 0.2) is 0 Å². The van der Waals surface area contributed by atoms with Crippen LogP contribution in [0.1, 0.15) is 41.6 Å². The molecule has 0 aliphatic carbocycles. The molecular weight excluding hydrogens is 369 g/mol. The summed E-state index contributed by atoms with van der Waals surface area (Å²) in [6.07, 6.45) is 3.92. The van der Waals surface area contributed by atoms with Crippen LogP contribution in [0, 0.1) is 11.7 Å². The zero-order valence-electron chi connectivity index (χ0n) is 16.6. The quantitative estimate of drug-likeness (QED) is 0.797. The second-order valence-corrected chi connectivity index (χ2v) is 8.26. The van der Waals surface area contributed by atoms with E-state index in [2.05, 4.69) is 9.88 Å². The summed E-state index contributed by atoms with van der Waals surface area (Å²) in [6, 6.07) is 10.9. The number of carbonyl (C=O) groups excluding carboxylic acids is 1. The summed E-state index contributed by atoms with van der Waals surface area (Å²) in [5, 5.41) is 0.